The Morgan fingerprint density at radius 2 is 2.36 bits per heavy atom. The van der Waals surface area contributed by atoms with Crippen LogP contribution in [-0.4, -0.2) is 39.6 Å². The monoisotopic (exact) mass is 259 g/mol. The predicted octanol–water partition coefficient (Wildman–Crippen LogP) is 1.68. The van der Waals surface area contributed by atoms with E-state index in [0.717, 1.165) is 18.3 Å². The fraction of sp³-hybridized carbons (Fsp3) is 0.700. The Kier molecular flexibility index (Phi) is 4.62. The molecule has 0 saturated heterocycles. The predicted molar refractivity (Wildman–Crippen MR) is 62.8 cm³/mol. The zero-order valence-electron chi connectivity index (χ0n) is 9.07. The highest BCUT2D eigenvalue weighted by Gasteiger charge is 2.07. The minimum Gasteiger partial charge on any atom is -0.302 e. The normalized spacial score (nSPS) is 13.5. The molecule has 80 valence electrons. The number of alkyl halides is 1. The average Bonchev–Trinajstić information content (AvgIpc) is 2.59. The summed E-state index contributed by atoms with van der Waals surface area (Å²) in [5, 5.41) is 5.17. The molecule has 1 rings (SSSR count). The first kappa shape index (κ1) is 11.7. The van der Waals surface area contributed by atoms with Gasteiger partial charge in [0.15, 0.2) is 0 Å². The largest absolute Gasteiger partial charge is 0.302 e. The van der Waals surface area contributed by atoms with Gasteiger partial charge < -0.3 is 4.90 Å². The van der Waals surface area contributed by atoms with Crippen LogP contribution in [0.1, 0.15) is 12.6 Å². The van der Waals surface area contributed by atoms with Crippen LogP contribution >= 0.6 is 15.9 Å². The minimum atomic E-state index is 0.586. The van der Waals surface area contributed by atoms with E-state index in [9.17, 15) is 0 Å². The van der Waals surface area contributed by atoms with Gasteiger partial charge in [0.2, 0.25) is 0 Å². The third-order valence-corrected chi connectivity index (χ3v) is 3.56. The van der Waals surface area contributed by atoms with Crippen molar-refractivity contribution < 1.29 is 0 Å². The summed E-state index contributed by atoms with van der Waals surface area (Å²) in [7, 11) is 4.14. The van der Waals surface area contributed by atoms with E-state index in [1.165, 1.54) is 5.69 Å². The van der Waals surface area contributed by atoms with Gasteiger partial charge in [-0.1, -0.05) is 15.9 Å². The zero-order valence-corrected chi connectivity index (χ0v) is 10.7. The van der Waals surface area contributed by atoms with Crippen molar-refractivity contribution in [2.24, 2.45) is 7.05 Å². The Hall–Kier alpha value is -0.350. The number of rotatable bonds is 5. The number of likely N-dealkylation sites (N-methyl/N-ethyl adjacent to an activating group) is 1. The first-order valence-electron chi connectivity index (χ1n) is 4.88. The van der Waals surface area contributed by atoms with E-state index in [1.807, 2.05) is 17.9 Å². The molecule has 1 atom stereocenters. The number of hydrogen-bond acceptors (Lipinski definition) is 2. The molecule has 0 aliphatic carbocycles. The molecule has 1 aromatic heterocycles. The van der Waals surface area contributed by atoms with Gasteiger partial charge in [0.05, 0.1) is 0 Å². The van der Waals surface area contributed by atoms with E-state index in [-0.39, 0.29) is 0 Å². The van der Waals surface area contributed by atoms with Crippen LogP contribution in [0.5, 0.6) is 0 Å². The van der Waals surface area contributed by atoms with Gasteiger partial charge in [0.25, 0.3) is 0 Å². The van der Waals surface area contributed by atoms with Crippen LogP contribution in [0, 0.1) is 0 Å². The van der Waals surface area contributed by atoms with E-state index in [2.05, 4.69) is 46.0 Å². The fourth-order valence-electron chi connectivity index (χ4n) is 1.28. The number of aryl methyl sites for hydroxylation is 1. The highest BCUT2D eigenvalue weighted by molar-refractivity contribution is 9.09. The minimum absolute atomic E-state index is 0.586. The third-order valence-electron chi connectivity index (χ3n) is 2.62. The van der Waals surface area contributed by atoms with Crippen molar-refractivity contribution in [2.75, 3.05) is 18.9 Å². The summed E-state index contributed by atoms with van der Waals surface area (Å²) >= 11 is 3.49. The Morgan fingerprint density at radius 3 is 2.86 bits per heavy atom. The smallest absolute Gasteiger partial charge is 0.0492 e. The summed E-state index contributed by atoms with van der Waals surface area (Å²) in [6.07, 6.45) is 2.91. The summed E-state index contributed by atoms with van der Waals surface area (Å²) in [6, 6.07) is 2.66. The molecular weight excluding hydrogens is 242 g/mol. The first-order valence-corrected chi connectivity index (χ1v) is 6.00. The summed E-state index contributed by atoms with van der Waals surface area (Å²) in [4.78, 5) is 2.35. The maximum absolute atomic E-state index is 4.15. The van der Waals surface area contributed by atoms with Crippen molar-refractivity contribution in [3.05, 3.63) is 18.0 Å². The van der Waals surface area contributed by atoms with Gasteiger partial charge in [0, 0.05) is 43.3 Å². The number of hydrogen-bond donors (Lipinski definition) is 0. The van der Waals surface area contributed by atoms with Crippen molar-refractivity contribution in [3.63, 3.8) is 0 Å². The highest BCUT2D eigenvalue weighted by atomic mass is 79.9. The maximum Gasteiger partial charge on any atom is 0.0492 e. The van der Waals surface area contributed by atoms with E-state index in [1.54, 1.807) is 0 Å². The SMILES string of the molecule is CC(CBr)N(C)CCc1ccnn1C. The number of halogens is 1. The highest BCUT2D eigenvalue weighted by Crippen LogP contribution is 2.03. The van der Waals surface area contributed by atoms with Crippen LogP contribution in [0.25, 0.3) is 0 Å². The molecule has 3 nitrogen and oxygen atoms in total. The number of aromatic nitrogens is 2. The van der Waals surface area contributed by atoms with Gasteiger partial charge >= 0.3 is 0 Å². The number of nitrogens with zero attached hydrogens (tertiary/aromatic N) is 3. The molecule has 0 spiro atoms. The molecule has 0 aromatic carbocycles. The molecule has 0 bridgehead atoms. The molecule has 14 heavy (non-hydrogen) atoms. The van der Waals surface area contributed by atoms with Crippen LogP contribution in [0.4, 0.5) is 0 Å². The standard InChI is InChI=1S/C10H18BrN3/c1-9(8-11)13(2)7-5-10-4-6-12-14(10)3/h4,6,9H,5,7-8H2,1-3H3. The second-order valence-electron chi connectivity index (χ2n) is 3.68. The molecule has 1 aromatic rings. The fourth-order valence-corrected chi connectivity index (χ4v) is 1.77. The van der Waals surface area contributed by atoms with Crippen molar-refractivity contribution in [1.82, 2.24) is 14.7 Å². The van der Waals surface area contributed by atoms with E-state index in [4.69, 9.17) is 0 Å². The third kappa shape index (κ3) is 3.10. The van der Waals surface area contributed by atoms with Crippen molar-refractivity contribution >= 4 is 15.9 Å². The Bertz CT molecular complexity index is 272. The van der Waals surface area contributed by atoms with E-state index in [0.29, 0.717) is 6.04 Å². The molecule has 1 unspecified atom stereocenters. The lowest BCUT2D eigenvalue weighted by atomic mass is 10.2. The molecule has 0 amide bonds. The van der Waals surface area contributed by atoms with Crippen LogP contribution in [0.15, 0.2) is 12.3 Å². The molecular formula is C10H18BrN3. The molecule has 0 saturated carbocycles. The van der Waals surface area contributed by atoms with Crippen LogP contribution in [0.2, 0.25) is 0 Å². The molecule has 0 aliphatic heterocycles. The summed E-state index contributed by atoms with van der Waals surface area (Å²) in [6.45, 7) is 3.30. The van der Waals surface area contributed by atoms with Gasteiger partial charge in [-0.2, -0.15) is 5.10 Å². The van der Waals surface area contributed by atoms with E-state index < -0.39 is 0 Å². The van der Waals surface area contributed by atoms with Gasteiger partial charge in [-0.15, -0.1) is 0 Å². The lowest BCUT2D eigenvalue weighted by Crippen LogP contribution is -2.32. The van der Waals surface area contributed by atoms with Gasteiger partial charge in [-0.3, -0.25) is 4.68 Å². The van der Waals surface area contributed by atoms with Crippen molar-refractivity contribution in [3.8, 4) is 0 Å². The molecule has 0 radical (unpaired) electrons. The lowest BCUT2D eigenvalue weighted by Gasteiger charge is -2.22. The van der Waals surface area contributed by atoms with Crippen LogP contribution in [0.3, 0.4) is 0 Å². The molecule has 0 fully saturated rings. The zero-order chi connectivity index (χ0) is 10.6. The molecule has 4 heteroatoms. The Balaban J connectivity index is 2.37. The summed E-state index contributed by atoms with van der Waals surface area (Å²) in [5.74, 6) is 0. The lowest BCUT2D eigenvalue weighted by molar-refractivity contribution is 0.280. The quantitative estimate of drug-likeness (QED) is 0.751. The topological polar surface area (TPSA) is 21.1 Å². The second-order valence-corrected chi connectivity index (χ2v) is 4.33. The van der Waals surface area contributed by atoms with Crippen molar-refractivity contribution in [1.29, 1.82) is 0 Å². The second kappa shape index (κ2) is 5.51. The molecule has 0 aliphatic rings. The Morgan fingerprint density at radius 1 is 1.64 bits per heavy atom. The van der Waals surface area contributed by atoms with Gasteiger partial charge in [-0.25, -0.2) is 0 Å². The molecule has 1 heterocycles. The van der Waals surface area contributed by atoms with E-state index >= 15 is 0 Å². The summed E-state index contributed by atoms with van der Waals surface area (Å²) in [5.41, 5.74) is 1.29. The summed E-state index contributed by atoms with van der Waals surface area (Å²) < 4.78 is 1.94. The van der Waals surface area contributed by atoms with Crippen LogP contribution in [-0.2, 0) is 13.5 Å². The first-order chi connectivity index (χ1) is 6.65. The Labute approximate surface area is 94.2 Å². The van der Waals surface area contributed by atoms with Crippen molar-refractivity contribution in [2.45, 2.75) is 19.4 Å². The van der Waals surface area contributed by atoms with Crippen LogP contribution < -0.4 is 0 Å². The molecule has 0 N–H and O–H groups in total. The average molecular weight is 260 g/mol. The van der Waals surface area contributed by atoms with Gasteiger partial charge in [-0.05, 0) is 20.0 Å². The van der Waals surface area contributed by atoms with Gasteiger partial charge in [0.1, 0.15) is 0 Å². The maximum atomic E-state index is 4.15.